The fraction of sp³-hybridized carbons (Fsp3) is 0.529. The summed E-state index contributed by atoms with van der Waals surface area (Å²) in [6.07, 6.45) is 3.52. The zero-order chi connectivity index (χ0) is 16.8. The summed E-state index contributed by atoms with van der Waals surface area (Å²) in [6.45, 7) is 7.22. The largest absolute Gasteiger partial charge is 0.394 e. The number of carbonyl (C=O) groups excluding carboxylic acids is 1. The second-order valence-electron chi connectivity index (χ2n) is 5.70. The molecule has 0 saturated heterocycles. The molecule has 2 aromatic rings. The van der Waals surface area contributed by atoms with Gasteiger partial charge in [-0.3, -0.25) is 9.48 Å². The topological polar surface area (TPSA) is 58.4 Å². The van der Waals surface area contributed by atoms with E-state index in [2.05, 4.69) is 12.0 Å². The molecule has 5 nitrogen and oxygen atoms in total. The SMILES string of the molecule is CCCn1cc(C(=O)N(Cc2ccsc2)C(CC)CO)c(C)n1. The number of amides is 1. The van der Waals surface area contributed by atoms with E-state index in [1.165, 1.54) is 0 Å². The van der Waals surface area contributed by atoms with Crippen LogP contribution in [0, 0.1) is 6.92 Å². The Morgan fingerprint density at radius 3 is 2.83 bits per heavy atom. The first-order chi connectivity index (χ1) is 11.1. The Balaban J connectivity index is 2.28. The van der Waals surface area contributed by atoms with E-state index >= 15 is 0 Å². The molecule has 0 aromatic carbocycles. The number of aromatic nitrogens is 2. The lowest BCUT2D eigenvalue weighted by Crippen LogP contribution is -2.41. The molecule has 0 aliphatic rings. The van der Waals surface area contributed by atoms with Crippen molar-refractivity contribution < 1.29 is 9.90 Å². The highest BCUT2D eigenvalue weighted by Crippen LogP contribution is 2.18. The summed E-state index contributed by atoms with van der Waals surface area (Å²) in [7, 11) is 0. The Bertz CT molecular complexity index is 618. The van der Waals surface area contributed by atoms with Crippen molar-refractivity contribution in [2.24, 2.45) is 0 Å². The van der Waals surface area contributed by atoms with E-state index in [0.717, 1.165) is 24.2 Å². The zero-order valence-electron chi connectivity index (χ0n) is 14.0. The summed E-state index contributed by atoms with van der Waals surface area (Å²) >= 11 is 1.61. The van der Waals surface area contributed by atoms with Crippen LogP contribution >= 0.6 is 11.3 Å². The van der Waals surface area contributed by atoms with Crippen molar-refractivity contribution >= 4 is 17.2 Å². The van der Waals surface area contributed by atoms with Gasteiger partial charge in [0.15, 0.2) is 0 Å². The summed E-state index contributed by atoms with van der Waals surface area (Å²) < 4.78 is 1.82. The summed E-state index contributed by atoms with van der Waals surface area (Å²) in [5, 5.41) is 18.1. The minimum atomic E-state index is -0.184. The molecule has 0 radical (unpaired) electrons. The lowest BCUT2D eigenvalue weighted by Gasteiger charge is -2.29. The average Bonchev–Trinajstić information content (AvgIpc) is 3.17. The quantitative estimate of drug-likeness (QED) is 0.806. The van der Waals surface area contributed by atoms with Gasteiger partial charge in [0.05, 0.1) is 23.9 Å². The van der Waals surface area contributed by atoms with Gasteiger partial charge in [-0.25, -0.2) is 0 Å². The molecular formula is C17H25N3O2S. The number of thiophene rings is 1. The van der Waals surface area contributed by atoms with E-state index in [-0.39, 0.29) is 18.6 Å². The molecule has 1 atom stereocenters. The Hall–Kier alpha value is -1.66. The molecule has 0 bridgehead atoms. The summed E-state index contributed by atoms with van der Waals surface area (Å²) in [6, 6.07) is 1.83. The number of carbonyl (C=O) groups is 1. The van der Waals surface area contributed by atoms with Crippen molar-refractivity contribution in [3.05, 3.63) is 39.8 Å². The number of hydrogen-bond acceptors (Lipinski definition) is 4. The van der Waals surface area contributed by atoms with E-state index in [1.54, 1.807) is 16.2 Å². The maximum atomic E-state index is 13.0. The van der Waals surface area contributed by atoms with Crippen LogP contribution in [-0.4, -0.2) is 38.3 Å². The molecule has 0 aliphatic carbocycles. The van der Waals surface area contributed by atoms with Gasteiger partial charge in [0.1, 0.15) is 0 Å². The van der Waals surface area contributed by atoms with Crippen LogP contribution in [0.1, 0.15) is 48.3 Å². The van der Waals surface area contributed by atoms with Gasteiger partial charge in [0, 0.05) is 19.3 Å². The molecule has 126 valence electrons. The van der Waals surface area contributed by atoms with Crippen molar-refractivity contribution in [1.29, 1.82) is 0 Å². The molecular weight excluding hydrogens is 310 g/mol. The lowest BCUT2D eigenvalue weighted by atomic mass is 10.1. The Labute approximate surface area is 141 Å². The number of nitrogens with zero attached hydrogens (tertiary/aromatic N) is 3. The number of aliphatic hydroxyl groups is 1. The number of aliphatic hydroxyl groups excluding tert-OH is 1. The molecule has 0 saturated carbocycles. The zero-order valence-corrected chi connectivity index (χ0v) is 14.8. The standard InChI is InChI=1S/C17H25N3O2S/c1-4-7-19-10-16(13(3)18-19)17(22)20(15(5-2)11-21)9-14-6-8-23-12-14/h6,8,10,12,15,21H,4-5,7,9,11H2,1-3H3. The molecule has 6 heteroatoms. The van der Waals surface area contributed by atoms with E-state index < -0.39 is 0 Å². The molecule has 0 aliphatic heterocycles. The van der Waals surface area contributed by atoms with Gasteiger partial charge in [0.2, 0.25) is 0 Å². The molecule has 2 aromatic heterocycles. The van der Waals surface area contributed by atoms with Gasteiger partial charge < -0.3 is 10.0 Å². The predicted octanol–water partition coefficient (Wildman–Crippen LogP) is 3.08. The third-order valence-corrected chi connectivity index (χ3v) is 4.68. The highest BCUT2D eigenvalue weighted by Gasteiger charge is 2.26. The third kappa shape index (κ3) is 4.20. The second-order valence-corrected chi connectivity index (χ2v) is 6.48. The van der Waals surface area contributed by atoms with E-state index in [1.807, 2.05) is 41.6 Å². The maximum absolute atomic E-state index is 13.0. The summed E-state index contributed by atoms with van der Waals surface area (Å²) in [4.78, 5) is 14.8. The molecule has 0 spiro atoms. The van der Waals surface area contributed by atoms with Gasteiger partial charge in [0.25, 0.3) is 5.91 Å². The average molecular weight is 335 g/mol. The summed E-state index contributed by atoms with van der Waals surface area (Å²) in [5.41, 5.74) is 2.46. The second kappa shape index (κ2) is 8.26. The Morgan fingerprint density at radius 2 is 2.26 bits per heavy atom. The van der Waals surface area contributed by atoms with Gasteiger partial charge in [-0.2, -0.15) is 16.4 Å². The molecule has 1 N–H and O–H groups in total. The van der Waals surface area contributed by atoms with E-state index in [4.69, 9.17) is 0 Å². The fourth-order valence-corrected chi connectivity index (χ4v) is 3.28. The van der Waals surface area contributed by atoms with Crippen molar-refractivity contribution in [1.82, 2.24) is 14.7 Å². The van der Waals surface area contributed by atoms with Gasteiger partial charge >= 0.3 is 0 Å². The number of hydrogen-bond donors (Lipinski definition) is 1. The third-order valence-electron chi connectivity index (χ3n) is 3.95. The first-order valence-electron chi connectivity index (χ1n) is 8.07. The first-order valence-corrected chi connectivity index (χ1v) is 9.01. The van der Waals surface area contributed by atoms with Crippen LogP contribution in [0.25, 0.3) is 0 Å². The van der Waals surface area contributed by atoms with Crippen LogP contribution in [0.5, 0.6) is 0 Å². The number of rotatable bonds is 8. The molecule has 23 heavy (non-hydrogen) atoms. The van der Waals surface area contributed by atoms with Crippen LogP contribution in [0.2, 0.25) is 0 Å². The number of aryl methyl sites for hydroxylation is 2. The normalized spacial score (nSPS) is 12.3. The van der Waals surface area contributed by atoms with Gasteiger partial charge in [-0.15, -0.1) is 0 Å². The Morgan fingerprint density at radius 1 is 1.48 bits per heavy atom. The molecule has 0 fully saturated rings. The minimum absolute atomic E-state index is 0.0332. The van der Waals surface area contributed by atoms with Crippen LogP contribution < -0.4 is 0 Å². The van der Waals surface area contributed by atoms with Crippen LogP contribution in [0.4, 0.5) is 0 Å². The molecule has 1 amide bonds. The molecule has 1 unspecified atom stereocenters. The first kappa shape index (κ1) is 17.7. The van der Waals surface area contributed by atoms with Crippen LogP contribution in [0.15, 0.2) is 23.0 Å². The molecule has 2 rings (SSSR count). The lowest BCUT2D eigenvalue weighted by molar-refractivity contribution is 0.0563. The van der Waals surface area contributed by atoms with Crippen molar-refractivity contribution in [3.63, 3.8) is 0 Å². The van der Waals surface area contributed by atoms with Gasteiger partial charge in [-0.1, -0.05) is 13.8 Å². The molecule has 2 heterocycles. The minimum Gasteiger partial charge on any atom is -0.394 e. The Kier molecular flexibility index (Phi) is 6.36. The predicted molar refractivity (Wildman–Crippen MR) is 92.6 cm³/mol. The summed E-state index contributed by atoms with van der Waals surface area (Å²) in [5.74, 6) is -0.0584. The van der Waals surface area contributed by atoms with Crippen LogP contribution in [-0.2, 0) is 13.1 Å². The van der Waals surface area contributed by atoms with Crippen molar-refractivity contribution in [3.8, 4) is 0 Å². The smallest absolute Gasteiger partial charge is 0.257 e. The fourth-order valence-electron chi connectivity index (χ4n) is 2.62. The monoisotopic (exact) mass is 335 g/mol. The van der Waals surface area contributed by atoms with Crippen molar-refractivity contribution in [2.75, 3.05) is 6.61 Å². The van der Waals surface area contributed by atoms with E-state index in [0.29, 0.717) is 18.5 Å². The maximum Gasteiger partial charge on any atom is 0.257 e. The van der Waals surface area contributed by atoms with E-state index in [9.17, 15) is 9.90 Å². The van der Waals surface area contributed by atoms with Crippen LogP contribution in [0.3, 0.4) is 0 Å². The van der Waals surface area contributed by atoms with Gasteiger partial charge in [-0.05, 0) is 42.2 Å². The highest BCUT2D eigenvalue weighted by molar-refractivity contribution is 7.07. The van der Waals surface area contributed by atoms with Crippen molar-refractivity contribution in [2.45, 2.75) is 52.7 Å². The highest BCUT2D eigenvalue weighted by atomic mass is 32.1.